The smallest absolute Gasteiger partial charge is 0.395 e. The summed E-state index contributed by atoms with van der Waals surface area (Å²) in [5.41, 5.74) is 1.15. The third kappa shape index (κ3) is 6.33. The normalized spacial score (nSPS) is 22.1. The van der Waals surface area contributed by atoms with E-state index < -0.39 is 33.2 Å². The molecule has 0 spiro atoms. The number of halogens is 3. The number of nitrogens with one attached hydrogen (secondary N) is 1. The number of piperazine rings is 1. The number of hydrogen-bond acceptors (Lipinski definition) is 11. The van der Waals surface area contributed by atoms with Crippen LogP contribution in [0.5, 0.6) is 0 Å². The Balaban J connectivity index is 1.21. The molecule has 1 aliphatic carbocycles. The number of carbonyl (C=O) groups excluding carboxylic acids is 1. The lowest BCUT2D eigenvalue weighted by molar-refractivity contribution is -0.137. The first-order chi connectivity index (χ1) is 22.4. The van der Waals surface area contributed by atoms with Crippen molar-refractivity contribution in [3.05, 3.63) is 46.5 Å². The number of benzene rings is 1. The van der Waals surface area contributed by atoms with Crippen molar-refractivity contribution in [1.82, 2.24) is 19.8 Å². The van der Waals surface area contributed by atoms with Crippen LogP contribution in [0.2, 0.25) is 0 Å². The zero-order valence-corrected chi connectivity index (χ0v) is 27.3. The average Bonchev–Trinajstić information content (AvgIpc) is 3.76. The van der Waals surface area contributed by atoms with Crippen LogP contribution in [0, 0.1) is 0 Å². The number of nitrogens with zero attached hydrogens (tertiary/aromatic N) is 5. The summed E-state index contributed by atoms with van der Waals surface area (Å²) in [7, 11) is -3.94. The fraction of sp³-hybridized carbons (Fsp3) is 0.516. The van der Waals surface area contributed by atoms with E-state index in [0.29, 0.717) is 35.7 Å². The number of aromatic nitrogens is 2. The third-order valence-corrected chi connectivity index (χ3v) is 12.3. The highest BCUT2D eigenvalue weighted by Gasteiger charge is 2.41. The molecular weight excluding hydrogens is 658 g/mol. The molecule has 2 N–H and O–H groups in total. The maximum absolute atomic E-state index is 14.3. The van der Waals surface area contributed by atoms with E-state index >= 15 is 0 Å². The second-order valence-corrected chi connectivity index (χ2v) is 15.6. The van der Waals surface area contributed by atoms with E-state index in [4.69, 9.17) is 4.74 Å². The summed E-state index contributed by atoms with van der Waals surface area (Å²) >= 11 is 0.700. The van der Waals surface area contributed by atoms with Gasteiger partial charge in [-0.3, -0.25) is 9.69 Å². The molecule has 1 saturated carbocycles. The topological polar surface area (TPSA) is 128 Å². The Morgan fingerprint density at radius 3 is 2.60 bits per heavy atom. The van der Waals surface area contributed by atoms with E-state index in [1.54, 1.807) is 0 Å². The van der Waals surface area contributed by atoms with Gasteiger partial charge in [-0.15, -0.1) is 11.3 Å². The lowest BCUT2D eigenvalue weighted by atomic mass is 10.1. The quantitative estimate of drug-likeness (QED) is 0.358. The number of fused-ring (bicyclic) bond motifs is 1. The number of alkyl halides is 3. The molecule has 4 aliphatic rings. The van der Waals surface area contributed by atoms with Crippen LogP contribution in [-0.2, 0) is 20.8 Å². The second kappa shape index (κ2) is 12.3. The number of sulfone groups is 1. The SMILES string of the molecule is C[C@@H]1CN(c2ccc(Nc3ncc(C(F)(F)F)c(-c4cc5c(s4)C(=O)N(C4COC4)CCS5(=O)=O)n3)c(C3CC3)c2)CCN1CCO. The van der Waals surface area contributed by atoms with Gasteiger partial charge in [0.15, 0.2) is 9.84 Å². The van der Waals surface area contributed by atoms with Gasteiger partial charge < -0.3 is 25.0 Å². The highest BCUT2D eigenvalue weighted by atomic mass is 32.2. The molecule has 1 amide bonds. The molecule has 0 unspecified atom stereocenters. The highest BCUT2D eigenvalue weighted by molar-refractivity contribution is 7.91. The van der Waals surface area contributed by atoms with Gasteiger partial charge in [-0.05, 0) is 55.5 Å². The predicted octanol–water partition coefficient (Wildman–Crippen LogP) is 3.98. The van der Waals surface area contributed by atoms with Gasteiger partial charge in [-0.1, -0.05) is 0 Å². The first-order valence-corrected chi connectivity index (χ1v) is 18.1. The highest BCUT2D eigenvalue weighted by Crippen LogP contribution is 2.46. The van der Waals surface area contributed by atoms with Gasteiger partial charge in [0.05, 0.1) is 47.1 Å². The van der Waals surface area contributed by atoms with Crippen molar-refractivity contribution in [2.45, 2.75) is 48.8 Å². The predicted molar refractivity (Wildman–Crippen MR) is 170 cm³/mol. The molecule has 2 saturated heterocycles. The number of rotatable bonds is 8. The van der Waals surface area contributed by atoms with Gasteiger partial charge in [0, 0.05) is 56.3 Å². The van der Waals surface area contributed by atoms with E-state index in [9.17, 15) is 31.5 Å². The number of aliphatic hydroxyl groups is 1. The van der Waals surface area contributed by atoms with Crippen molar-refractivity contribution in [2.75, 3.05) is 68.5 Å². The molecule has 11 nitrogen and oxygen atoms in total. The maximum Gasteiger partial charge on any atom is 0.420 e. The molecule has 5 heterocycles. The van der Waals surface area contributed by atoms with Crippen molar-refractivity contribution in [1.29, 1.82) is 0 Å². The Morgan fingerprint density at radius 1 is 1.15 bits per heavy atom. The van der Waals surface area contributed by atoms with Crippen LogP contribution in [0.3, 0.4) is 0 Å². The summed E-state index contributed by atoms with van der Waals surface area (Å²) in [5, 5.41) is 12.5. The number of amides is 1. The van der Waals surface area contributed by atoms with Crippen LogP contribution >= 0.6 is 11.3 Å². The van der Waals surface area contributed by atoms with Crippen LogP contribution in [0.15, 0.2) is 35.4 Å². The summed E-state index contributed by atoms with van der Waals surface area (Å²) in [5.74, 6) is -0.643. The Bertz CT molecular complexity index is 1790. The van der Waals surface area contributed by atoms with Crippen LogP contribution < -0.4 is 10.2 Å². The van der Waals surface area contributed by atoms with Crippen molar-refractivity contribution < 1.29 is 36.2 Å². The van der Waals surface area contributed by atoms with Gasteiger partial charge in [0.25, 0.3) is 5.91 Å². The van der Waals surface area contributed by atoms with Gasteiger partial charge in [0.2, 0.25) is 5.95 Å². The fourth-order valence-corrected chi connectivity index (χ4v) is 9.34. The fourth-order valence-electron chi connectivity index (χ4n) is 6.42. The first-order valence-electron chi connectivity index (χ1n) is 15.6. The Morgan fingerprint density at radius 2 is 1.94 bits per heavy atom. The average molecular weight is 693 g/mol. The Hall–Kier alpha value is -3.31. The summed E-state index contributed by atoms with van der Waals surface area (Å²) in [6.45, 7) is 5.87. The zero-order valence-electron chi connectivity index (χ0n) is 25.7. The number of carbonyl (C=O) groups is 1. The second-order valence-electron chi connectivity index (χ2n) is 12.5. The number of thiophene rings is 1. The molecule has 3 aliphatic heterocycles. The maximum atomic E-state index is 14.3. The molecule has 0 radical (unpaired) electrons. The van der Waals surface area contributed by atoms with Gasteiger partial charge in [-0.25, -0.2) is 18.4 Å². The van der Waals surface area contributed by atoms with Crippen LogP contribution in [0.1, 0.15) is 46.5 Å². The van der Waals surface area contributed by atoms with Crippen LogP contribution in [-0.4, -0.2) is 110 Å². The molecule has 47 heavy (non-hydrogen) atoms. The minimum Gasteiger partial charge on any atom is -0.395 e. The van der Waals surface area contributed by atoms with Gasteiger partial charge in [-0.2, -0.15) is 13.2 Å². The van der Waals surface area contributed by atoms with Crippen molar-refractivity contribution >= 4 is 44.4 Å². The molecule has 0 bridgehead atoms. The van der Waals surface area contributed by atoms with Gasteiger partial charge >= 0.3 is 6.18 Å². The lowest BCUT2D eigenvalue weighted by Crippen LogP contribution is -2.52. The molecule has 252 valence electrons. The number of ether oxygens (including phenoxy) is 1. The molecule has 2 aromatic heterocycles. The van der Waals surface area contributed by atoms with Crippen LogP contribution in [0.4, 0.5) is 30.5 Å². The molecule has 1 aromatic carbocycles. The van der Waals surface area contributed by atoms with Crippen molar-refractivity contribution in [3.63, 3.8) is 0 Å². The van der Waals surface area contributed by atoms with Crippen LogP contribution in [0.25, 0.3) is 10.6 Å². The lowest BCUT2D eigenvalue weighted by Gasteiger charge is -2.41. The monoisotopic (exact) mass is 692 g/mol. The summed E-state index contributed by atoms with van der Waals surface area (Å²) < 4.78 is 74.3. The number of β-amino-alcohol motifs (C(OH)–C–C–N with tert-alkyl or cyclic N) is 1. The Kier molecular flexibility index (Phi) is 8.43. The molecule has 1 atom stereocenters. The summed E-state index contributed by atoms with van der Waals surface area (Å²) in [6.07, 6.45) is -2.15. The molecule has 7 rings (SSSR count). The third-order valence-electron chi connectivity index (χ3n) is 9.29. The first kappa shape index (κ1) is 32.2. The molecule has 3 fully saturated rings. The number of anilines is 3. The largest absolute Gasteiger partial charge is 0.420 e. The zero-order chi connectivity index (χ0) is 33.1. The Labute approximate surface area is 274 Å². The number of aliphatic hydroxyl groups excluding tert-OH is 1. The summed E-state index contributed by atoms with van der Waals surface area (Å²) in [4.78, 5) is 27.2. The van der Waals surface area contributed by atoms with Crippen molar-refractivity contribution in [2.24, 2.45) is 0 Å². The minimum absolute atomic E-state index is 0.0115. The van der Waals surface area contributed by atoms with E-state index in [0.717, 1.165) is 49.8 Å². The van der Waals surface area contributed by atoms with E-state index in [1.807, 2.05) is 12.1 Å². The van der Waals surface area contributed by atoms with Crippen molar-refractivity contribution in [3.8, 4) is 10.6 Å². The minimum atomic E-state index is -4.83. The van der Waals surface area contributed by atoms with E-state index in [2.05, 4.69) is 38.1 Å². The number of hydrogen-bond donors (Lipinski definition) is 2. The molecular formula is C31H35F3N6O5S2. The molecule has 3 aromatic rings. The van der Waals surface area contributed by atoms with E-state index in [1.165, 1.54) is 4.90 Å². The molecule has 16 heteroatoms. The van der Waals surface area contributed by atoms with Gasteiger partial charge in [0.1, 0.15) is 10.4 Å². The standard InChI is InChI=1S/C31H35F3N6O5S2/c1-18-15-39(7-6-38(18)8-10-41)20-4-5-24(22(12-20)19-2-3-19)36-30-35-14-23(31(32,33)34)27(37-30)25-13-26-28(46-25)29(42)40(21-16-45-17-21)9-11-47(26,43)44/h4-5,12-14,18-19,21,41H,2-3,6-11,15-17H2,1H3,(H,35,36,37)/t18-/m1/s1. The summed E-state index contributed by atoms with van der Waals surface area (Å²) in [6, 6.07) is 7.11. The van der Waals surface area contributed by atoms with E-state index in [-0.39, 0.29) is 64.8 Å².